The Balaban J connectivity index is 0.695. The summed E-state index contributed by atoms with van der Waals surface area (Å²) in [7, 11) is 1.64. The first-order valence-electron chi connectivity index (χ1n) is 27.0. The summed E-state index contributed by atoms with van der Waals surface area (Å²) in [5.41, 5.74) is 5.48. The van der Waals surface area contributed by atoms with Gasteiger partial charge in [-0.15, -0.1) is 11.3 Å². The van der Waals surface area contributed by atoms with E-state index in [0.717, 1.165) is 77.1 Å². The number of thiazole rings is 1. The number of unbranched alkanes of at least 4 members (excludes halogenated alkanes) is 2. The monoisotopic (exact) mass is 1100 g/mol. The zero-order valence-electron chi connectivity index (χ0n) is 45.3. The fraction of sp³-hybridized carbons (Fsp3) is 0.417. The number of halogens is 1. The molecule has 0 spiro atoms. The van der Waals surface area contributed by atoms with E-state index in [-0.39, 0.29) is 49.8 Å². The molecule has 1 aliphatic carbocycles. The molecule has 3 atom stereocenters. The fourth-order valence-electron chi connectivity index (χ4n) is 10.2. The number of nitrogens with one attached hydrogen (secondary N) is 4. The zero-order valence-corrected chi connectivity index (χ0v) is 46.1. The number of β-amino-alcohol motifs (C(OH)–C–C–N with tert-alkyl or cyclic N) is 1. The first-order valence-corrected chi connectivity index (χ1v) is 27.9. The Bertz CT molecular complexity index is 3140. The van der Waals surface area contributed by atoms with Gasteiger partial charge in [-0.05, 0) is 129 Å². The number of hydrogen-bond donors (Lipinski definition) is 5. The average molecular weight is 1100 g/mol. The number of pyridine rings is 1. The van der Waals surface area contributed by atoms with Crippen molar-refractivity contribution in [1.82, 2.24) is 25.5 Å². The van der Waals surface area contributed by atoms with Crippen LogP contribution in [0.1, 0.15) is 89.8 Å². The van der Waals surface area contributed by atoms with Crippen molar-refractivity contribution in [3.05, 3.63) is 120 Å². The molecule has 3 aliphatic rings. The maximum atomic E-state index is 14.1. The van der Waals surface area contributed by atoms with E-state index in [0.29, 0.717) is 54.5 Å². The Labute approximate surface area is 463 Å². The summed E-state index contributed by atoms with van der Waals surface area (Å²) in [6.07, 6.45) is 5.92. The van der Waals surface area contributed by atoms with Crippen molar-refractivity contribution in [2.24, 2.45) is 10.8 Å². The van der Waals surface area contributed by atoms with Crippen LogP contribution in [0.5, 0.6) is 17.2 Å². The largest absolute Gasteiger partial charge is 0.495 e. The van der Waals surface area contributed by atoms with Crippen molar-refractivity contribution in [3.63, 3.8) is 0 Å². The topological polar surface area (TPSA) is 214 Å². The third-order valence-electron chi connectivity index (χ3n) is 15.0. The first-order chi connectivity index (χ1) is 38.0. The number of amides is 5. The molecule has 1 saturated carbocycles. The lowest BCUT2D eigenvalue weighted by Gasteiger charge is -2.35. The number of nitrogens with zero attached hydrogens (tertiary/aromatic N) is 4. The van der Waals surface area contributed by atoms with Crippen LogP contribution >= 0.6 is 11.3 Å². The SMILES string of the molecule is COc1cc2c(Oc3ccc(NC(=O)C4(C(=O)Nc5ccc(F)cc5)CC4)cc3)ccnc2cc1N1CCC(OCCCCCC(=O)N[C@H](C(=O)N2C[C@H](O)C[C@H]2C(=O)NCc2ccc(-c3scnc3C)cc2)C(C)(C)C)CC1. The predicted molar refractivity (Wildman–Crippen MR) is 301 cm³/mol. The lowest BCUT2D eigenvalue weighted by Crippen LogP contribution is -2.57. The van der Waals surface area contributed by atoms with Gasteiger partial charge in [0.05, 0.1) is 46.6 Å². The van der Waals surface area contributed by atoms with E-state index < -0.39 is 46.6 Å². The number of methoxy groups -OCH3 is 1. The number of piperidine rings is 1. The van der Waals surface area contributed by atoms with E-state index in [1.165, 1.54) is 29.2 Å². The minimum atomic E-state index is -1.19. The molecular formula is C60H69FN8O9S. The number of carbonyl (C=O) groups excluding carboxylic acids is 5. The highest BCUT2D eigenvalue weighted by Crippen LogP contribution is 2.48. The summed E-state index contributed by atoms with van der Waals surface area (Å²) in [4.78, 5) is 81.0. The third kappa shape index (κ3) is 13.7. The molecule has 5 amide bonds. The first kappa shape index (κ1) is 56.2. The number of fused-ring (bicyclic) bond motifs is 1. The number of aryl methyl sites for hydroxylation is 1. The summed E-state index contributed by atoms with van der Waals surface area (Å²) < 4.78 is 31.9. The molecule has 17 nitrogen and oxygen atoms in total. The van der Waals surface area contributed by atoms with Crippen LogP contribution in [0.3, 0.4) is 0 Å². The van der Waals surface area contributed by atoms with Crippen molar-refractivity contribution in [2.45, 2.75) is 116 Å². The third-order valence-corrected chi connectivity index (χ3v) is 15.9. The Morgan fingerprint density at radius 1 is 0.861 bits per heavy atom. The normalized spacial score (nSPS) is 17.5. The number of aliphatic hydroxyl groups excluding tert-OH is 1. The van der Waals surface area contributed by atoms with Gasteiger partial charge in [0, 0.05) is 68.6 Å². The van der Waals surface area contributed by atoms with E-state index >= 15 is 0 Å². The van der Waals surface area contributed by atoms with E-state index in [9.17, 15) is 33.5 Å². The predicted octanol–water partition coefficient (Wildman–Crippen LogP) is 9.32. The Kier molecular flexibility index (Phi) is 17.6. The van der Waals surface area contributed by atoms with Crippen LogP contribution in [-0.2, 0) is 35.3 Å². The van der Waals surface area contributed by atoms with Crippen LogP contribution in [0.25, 0.3) is 21.3 Å². The maximum Gasteiger partial charge on any atom is 0.246 e. The second kappa shape index (κ2) is 24.7. The van der Waals surface area contributed by atoms with Crippen molar-refractivity contribution in [2.75, 3.05) is 48.9 Å². The standard InChI is InChI=1S/C60H69FN8O9S/c1-37-53(79-36-64-37)39-12-10-38(11-13-39)34-63-55(72)49-31-43(70)35-69(49)56(73)54(59(2,3)4)67-52(71)9-7-6-8-30-77-44-23-28-68(29-24-44)48-33-47-46(32-51(48)76-5)50(22-27-62-47)78-45-20-18-42(19-21-45)66-58(75)60(25-26-60)57(74)65-41-16-14-40(61)15-17-41/h10-22,27,32-33,36,43-44,49,54,70H,6-9,23-26,28-31,34-35H2,1-5H3,(H,63,72)(H,65,74)(H,66,75)(H,67,71)/t43-,49+,54-/m1/s1. The smallest absolute Gasteiger partial charge is 0.246 e. The molecule has 0 unspecified atom stereocenters. The van der Waals surface area contributed by atoms with Gasteiger partial charge in [0.2, 0.25) is 29.5 Å². The Morgan fingerprint density at radius 2 is 1.54 bits per heavy atom. The number of ether oxygens (including phenoxy) is 3. The maximum absolute atomic E-state index is 14.1. The number of rotatable bonds is 21. The van der Waals surface area contributed by atoms with Gasteiger partial charge in [-0.1, -0.05) is 51.5 Å². The molecule has 5 N–H and O–H groups in total. The molecule has 3 fully saturated rings. The van der Waals surface area contributed by atoms with E-state index in [1.807, 2.05) is 69.6 Å². The van der Waals surface area contributed by atoms with E-state index in [2.05, 4.69) is 36.1 Å². The van der Waals surface area contributed by atoms with Crippen molar-refractivity contribution >= 4 is 68.8 Å². The summed E-state index contributed by atoms with van der Waals surface area (Å²) in [6.45, 7) is 9.96. The lowest BCUT2D eigenvalue weighted by atomic mass is 9.85. The number of anilines is 3. The van der Waals surface area contributed by atoms with Crippen LogP contribution in [0.15, 0.2) is 103 Å². The second-order valence-corrected chi connectivity index (χ2v) is 22.6. The molecule has 2 saturated heterocycles. The second-order valence-electron chi connectivity index (χ2n) is 21.8. The van der Waals surface area contributed by atoms with Crippen LogP contribution < -0.4 is 35.6 Å². The molecule has 79 heavy (non-hydrogen) atoms. The van der Waals surface area contributed by atoms with Gasteiger partial charge in [0.1, 0.15) is 40.6 Å². The van der Waals surface area contributed by atoms with Gasteiger partial charge in [-0.3, -0.25) is 29.0 Å². The Hall–Kier alpha value is -7.48. The van der Waals surface area contributed by atoms with Crippen LogP contribution in [-0.4, -0.2) is 107 Å². The number of aromatic nitrogens is 2. The summed E-state index contributed by atoms with van der Waals surface area (Å²) >= 11 is 1.58. The van der Waals surface area contributed by atoms with Gasteiger partial charge >= 0.3 is 0 Å². The fourth-order valence-corrected chi connectivity index (χ4v) is 11.0. The van der Waals surface area contributed by atoms with Crippen LogP contribution in [0, 0.1) is 23.6 Å². The number of likely N-dealkylation sites (tertiary alicyclic amines) is 1. The van der Waals surface area contributed by atoms with Gasteiger partial charge in [0.25, 0.3) is 0 Å². The minimum absolute atomic E-state index is 0.00895. The van der Waals surface area contributed by atoms with Gasteiger partial charge in [-0.25, -0.2) is 9.37 Å². The minimum Gasteiger partial charge on any atom is -0.495 e. The summed E-state index contributed by atoms with van der Waals surface area (Å²) in [5.74, 6) is -0.442. The van der Waals surface area contributed by atoms with E-state index in [4.69, 9.17) is 14.2 Å². The highest BCUT2D eigenvalue weighted by atomic mass is 32.1. The molecular weight excluding hydrogens is 1030 g/mol. The molecule has 0 radical (unpaired) electrons. The number of benzene rings is 4. The van der Waals surface area contributed by atoms with Crippen LogP contribution in [0.4, 0.5) is 21.5 Å². The van der Waals surface area contributed by atoms with Crippen molar-refractivity contribution < 1.29 is 47.7 Å². The molecule has 4 aromatic carbocycles. The van der Waals surface area contributed by atoms with Crippen molar-refractivity contribution in [3.8, 4) is 27.7 Å². The van der Waals surface area contributed by atoms with Crippen LogP contribution in [0.2, 0.25) is 0 Å². The lowest BCUT2D eigenvalue weighted by molar-refractivity contribution is -0.144. The van der Waals surface area contributed by atoms with Crippen molar-refractivity contribution in [1.29, 1.82) is 0 Å². The molecule has 19 heteroatoms. The molecule has 2 aliphatic heterocycles. The number of aliphatic hydroxyl groups is 1. The molecule has 4 heterocycles. The summed E-state index contributed by atoms with van der Waals surface area (Å²) in [6, 6.07) is 24.2. The molecule has 416 valence electrons. The quantitative estimate of drug-likeness (QED) is 0.0337. The van der Waals surface area contributed by atoms with Gasteiger partial charge < -0.3 is 50.4 Å². The summed E-state index contributed by atoms with van der Waals surface area (Å²) in [5, 5.41) is 22.9. The number of hydrogen-bond acceptors (Lipinski definition) is 13. The molecule has 0 bridgehead atoms. The van der Waals surface area contributed by atoms with Gasteiger partial charge in [0.15, 0.2) is 0 Å². The molecule has 2 aromatic heterocycles. The van der Waals surface area contributed by atoms with E-state index in [1.54, 1.807) is 55.0 Å². The Morgan fingerprint density at radius 3 is 2.18 bits per heavy atom. The number of carbonyl (C=O) groups is 5. The molecule has 9 rings (SSSR count). The zero-order chi connectivity index (χ0) is 55.8. The highest BCUT2D eigenvalue weighted by molar-refractivity contribution is 7.13. The highest BCUT2D eigenvalue weighted by Gasteiger charge is 2.56. The molecule has 6 aromatic rings. The van der Waals surface area contributed by atoms with Gasteiger partial charge in [-0.2, -0.15) is 0 Å². The average Bonchev–Trinajstić information content (AvgIpc) is 4.04.